The van der Waals surface area contributed by atoms with Crippen LogP contribution in [0.4, 0.5) is 0 Å². The molecule has 7 heteroatoms. The maximum atomic E-state index is 10.3. The minimum Gasteiger partial charge on any atom is -0.394 e. The van der Waals surface area contributed by atoms with Crippen molar-refractivity contribution >= 4 is 0 Å². The first-order valence-corrected chi connectivity index (χ1v) is 10.2. The molecule has 1 rings (SSSR count). The largest absolute Gasteiger partial charge is 0.394 e. The Kier molecular flexibility index (Phi) is 13.3. The Morgan fingerprint density at radius 1 is 0.821 bits per heavy atom. The fraction of sp³-hybridized carbons (Fsp3) is 0.714. The Morgan fingerprint density at radius 3 is 2.00 bits per heavy atom. The topological polar surface area (TPSA) is 116 Å². The summed E-state index contributed by atoms with van der Waals surface area (Å²) in [6, 6.07) is 8.37. The molecule has 0 aromatic heterocycles. The molecule has 162 valence electrons. The summed E-state index contributed by atoms with van der Waals surface area (Å²) in [4.78, 5) is 2.17. The molecule has 0 heterocycles. The summed E-state index contributed by atoms with van der Waals surface area (Å²) in [7, 11) is 1.92. The molecule has 0 saturated carbocycles. The van der Waals surface area contributed by atoms with Crippen LogP contribution in [0.5, 0.6) is 0 Å². The second-order valence-electron chi connectivity index (χ2n) is 7.48. The van der Waals surface area contributed by atoms with E-state index in [2.05, 4.69) is 34.5 Å². The summed E-state index contributed by atoms with van der Waals surface area (Å²) in [5.41, 5.74) is 2.38. The molecule has 0 fully saturated rings. The van der Waals surface area contributed by atoms with E-state index in [1.54, 1.807) is 0 Å². The second kappa shape index (κ2) is 14.9. The number of nitrogens with zero attached hydrogens (tertiary/aromatic N) is 1. The molecule has 7 nitrogen and oxygen atoms in total. The molecule has 0 aliphatic heterocycles. The Hall–Kier alpha value is -1.06. The highest BCUT2D eigenvalue weighted by atomic mass is 16.3. The van der Waals surface area contributed by atoms with Gasteiger partial charge in [-0.2, -0.15) is 0 Å². The summed E-state index contributed by atoms with van der Waals surface area (Å²) >= 11 is 0. The molecule has 1 aromatic carbocycles. The Bertz CT molecular complexity index is 500. The number of rotatable bonds is 16. The van der Waals surface area contributed by atoms with Crippen LogP contribution in [0.15, 0.2) is 24.3 Å². The second-order valence-corrected chi connectivity index (χ2v) is 7.48. The Balaban J connectivity index is 2.57. The molecular weight excluding hydrogens is 360 g/mol. The zero-order valence-electron chi connectivity index (χ0n) is 17.0. The number of nitrogens with one attached hydrogen (secondary N) is 1. The lowest BCUT2D eigenvalue weighted by atomic mass is 10.1. The van der Waals surface area contributed by atoms with E-state index in [4.69, 9.17) is 10.2 Å². The zero-order valence-corrected chi connectivity index (χ0v) is 17.0. The highest BCUT2D eigenvalue weighted by Crippen LogP contribution is 2.12. The minimum absolute atomic E-state index is 0.214. The molecule has 0 spiro atoms. The molecule has 0 aliphatic carbocycles. The van der Waals surface area contributed by atoms with E-state index in [-0.39, 0.29) is 13.2 Å². The van der Waals surface area contributed by atoms with E-state index in [9.17, 15) is 15.3 Å². The maximum Gasteiger partial charge on any atom is 0.0771 e. The minimum atomic E-state index is -0.789. The summed E-state index contributed by atoms with van der Waals surface area (Å²) in [5.74, 6) is 0. The summed E-state index contributed by atoms with van der Waals surface area (Å²) in [5, 5.41) is 50.2. The molecule has 0 radical (unpaired) electrons. The lowest BCUT2D eigenvalue weighted by Gasteiger charge is -2.26. The molecule has 1 aromatic rings. The van der Waals surface area contributed by atoms with Gasteiger partial charge in [0.1, 0.15) is 0 Å². The third-order valence-electron chi connectivity index (χ3n) is 4.80. The first-order valence-electron chi connectivity index (χ1n) is 10.2. The average Bonchev–Trinajstić information content (AvgIpc) is 2.70. The molecule has 0 amide bonds. The zero-order chi connectivity index (χ0) is 20.8. The molecule has 3 atom stereocenters. The van der Waals surface area contributed by atoms with E-state index >= 15 is 0 Å². The average molecular weight is 399 g/mol. The van der Waals surface area contributed by atoms with Crippen LogP contribution in [0.1, 0.15) is 43.2 Å². The molecule has 2 unspecified atom stereocenters. The van der Waals surface area contributed by atoms with Crippen LogP contribution < -0.4 is 5.32 Å². The molecule has 6 N–H and O–H groups in total. The highest BCUT2D eigenvalue weighted by molar-refractivity contribution is 5.22. The highest BCUT2D eigenvalue weighted by Gasteiger charge is 2.14. The standard InChI is InChI=1S/C21H38N2O5/c1-22-12-17-5-7-18(8-6-17)13-23(11-3-2-4-20(27)15-24)14-19(26)9-10-21(28)16-25/h5-8,19-22,24-28H,2-4,9-16H2,1H3/t19-,20?,21?/m0/s1. The van der Waals surface area contributed by atoms with Gasteiger partial charge in [0.05, 0.1) is 31.5 Å². The first-order chi connectivity index (χ1) is 13.5. The molecule has 0 bridgehead atoms. The van der Waals surface area contributed by atoms with E-state index in [1.807, 2.05) is 7.05 Å². The smallest absolute Gasteiger partial charge is 0.0771 e. The van der Waals surface area contributed by atoms with E-state index in [0.717, 1.165) is 31.5 Å². The van der Waals surface area contributed by atoms with Crippen LogP contribution >= 0.6 is 0 Å². The third-order valence-corrected chi connectivity index (χ3v) is 4.80. The first kappa shape index (κ1) is 25.0. The van der Waals surface area contributed by atoms with Crippen LogP contribution in [-0.2, 0) is 13.1 Å². The van der Waals surface area contributed by atoms with Crippen LogP contribution in [0.2, 0.25) is 0 Å². The molecule has 0 aliphatic rings. The lowest BCUT2D eigenvalue weighted by molar-refractivity contribution is 0.0541. The van der Waals surface area contributed by atoms with E-state index < -0.39 is 18.3 Å². The quantitative estimate of drug-likeness (QED) is 0.221. The van der Waals surface area contributed by atoms with Crippen molar-refractivity contribution in [1.82, 2.24) is 10.2 Å². The fourth-order valence-corrected chi connectivity index (χ4v) is 3.13. The van der Waals surface area contributed by atoms with Gasteiger partial charge in [0.25, 0.3) is 0 Å². The third kappa shape index (κ3) is 11.1. The van der Waals surface area contributed by atoms with Gasteiger partial charge in [0, 0.05) is 19.6 Å². The van der Waals surface area contributed by atoms with E-state index in [0.29, 0.717) is 32.4 Å². The van der Waals surface area contributed by atoms with Gasteiger partial charge in [0.15, 0.2) is 0 Å². The van der Waals surface area contributed by atoms with Gasteiger partial charge < -0.3 is 30.8 Å². The van der Waals surface area contributed by atoms with Crippen molar-refractivity contribution < 1.29 is 25.5 Å². The van der Waals surface area contributed by atoms with Gasteiger partial charge in [-0.05, 0) is 56.8 Å². The van der Waals surface area contributed by atoms with Gasteiger partial charge in [-0.1, -0.05) is 24.3 Å². The van der Waals surface area contributed by atoms with Crippen molar-refractivity contribution in [1.29, 1.82) is 0 Å². The van der Waals surface area contributed by atoms with Gasteiger partial charge in [-0.25, -0.2) is 0 Å². The van der Waals surface area contributed by atoms with Crippen molar-refractivity contribution in [3.8, 4) is 0 Å². The van der Waals surface area contributed by atoms with Crippen LogP contribution in [0.3, 0.4) is 0 Å². The van der Waals surface area contributed by atoms with Crippen molar-refractivity contribution in [3.63, 3.8) is 0 Å². The fourth-order valence-electron chi connectivity index (χ4n) is 3.13. The number of hydrogen-bond acceptors (Lipinski definition) is 7. The molecule has 28 heavy (non-hydrogen) atoms. The van der Waals surface area contributed by atoms with Crippen molar-refractivity contribution in [2.24, 2.45) is 0 Å². The lowest BCUT2D eigenvalue weighted by Crippen LogP contribution is -2.33. The van der Waals surface area contributed by atoms with Gasteiger partial charge in [0.2, 0.25) is 0 Å². The van der Waals surface area contributed by atoms with Gasteiger partial charge in [-0.15, -0.1) is 0 Å². The van der Waals surface area contributed by atoms with Crippen LogP contribution in [0, 0.1) is 0 Å². The molecular formula is C21H38N2O5. The van der Waals surface area contributed by atoms with E-state index in [1.165, 1.54) is 5.56 Å². The maximum absolute atomic E-state index is 10.3. The Labute approximate surface area is 168 Å². The van der Waals surface area contributed by atoms with Crippen LogP contribution in [0.25, 0.3) is 0 Å². The monoisotopic (exact) mass is 398 g/mol. The summed E-state index contributed by atoms with van der Waals surface area (Å²) in [6.45, 7) is 2.29. The number of aliphatic hydroxyl groups is 5. The number of unbranched alkanes of at least 4 members (excludes halogenated alkanes) is 1. The summed E-state index contributed by atoms with van der Waals surface area (Å²) < 4.78 is 0. The SMILES string of the molecule is CNCc1ccc(CN(CCCCC(O)CO)C[C@@H](O)CCC(O)CO)cc1. The number of benzene rings is 1. The van der Waals surface area contributed by atoms with Crippen LogP contribution in [-0.4, -0.2) is 82.1 Å². The Morgan fingerprint density at radius 2 is 1.39 bits per heavy atom. The van der Waals surface area contributed by atoms with Crippen molar-refractivity contribution in [3.05, 3.63) is 35.4 Å². The van der Waals surface area contributed by atoms with Gasteiger partial charge in [-0.3, -0.25) is 4.90 Å². The number of aliphatic hydroxyl groups excluding tert-OH is 5. The van der Waals surface area contributed by atoms with Crippen molar-refractivity contribution in [2.45, 2.75) is 63.5 Å². The predicted molar refractivity (Wildman–Crippen MR) is 110 cm³/mol. The normalized spacial score (nSPS) is 15.0. The molecule has 0 saturated heterocycles. The van der Waals surface area contributed by atoms with Gasteiger partial charge >= 0.3 is 0 Å². The number of hydrogen-bond donors (Lipinski definition) is 6. The predicted octanol–water partition coefficient (Wildman–Crippen LogP) is 0.226. The van der Waals surface area contributed by atoms with Crippen molar-refractivity contribution in [2.75, 3.05) is 33.4 Å². The summed E-state index contributed by atoms with van der Waals surface area (Å²) in [6.07, 6.45) is 0.998.